The molecule has 6 heteroatoms. The maximum Gasteiger partial charge on any atom is 0.182 e. The Morgan fingerprint density at radius 2 is 2.00 bits per heavy atom. The van der Waals surface area contributed by atoms with E-state index in [1.807, 2.05) is 0 Å². The molecule has 1 aromatic heterocycles. The number of hydrogen-bond donors (Lipinski definition) is 2. The molecule has 0 fully saturated rings. The van der Waals surface area contributed by atoms with Gasteiger partial charge >= 0.3 is 0 Å². The Kier molecular flexibility index (Phi) is 2.63. The largest absolute Gasteiger partial charge is 0.384 e. The van der Waals surface area contributed by atoms with E-state index in [0.29, 0.717) is 5.82 Å². The van der Waals surface area contributed by atoms with Gasteiger partial charge in [-0.15, -0.1) is 0 Å². The normalized spacial score (nSPS) is 10.1. The molecule has 0 saturated heterocycles. The molecule has 0 saturated carbocycles. The van der Waals surface area contributed by atoms with Crippen LogP contribution >= 0.6 is 0 Å². The van der Waals surface area contributed by atoms with Crippen LogP contribution in [0.1, 0.15) is 0 Å². The van der Waals surface area contributed by atoms with Crippen LogP contribution in [-0.2, 0) is 0 Å². The van der Waals surface area contributed by atoms with Crippen molar-refractivity contribution in [3.63, 3.8) is 0 Å². The van der Waals surface area contributed by atoms with Crippen LogP contribution in [0.2, 0.25) is 0 Å². The number of benzene rings is 1. The van der Waals surface area contributed by atoms with E-state index in [1.165, 1.54) is 24.5 Å². The summed E-state index contributed by atoms with van der Waals surface area (Å²) in [5.74, 6) is -1.34. The van der Waals surface area contributed by atoms with E-state index >= 15 is 0 Å². The van der Waals surface area contributed by atoms with Crippen LogP contribution in [0.25, 0.3) is 0 Å². The molecule has 0 aliphatic carbocycles. The van der Waals surface area contributed by atoms with E-state index in [1.54, 1.807) is 0 Å². The van der Waals surface area contributed by atoms with Crippen molar-refractivity contribution in [2.75, 3.05) is 11.1 Å². The fraction of sp³-hybridized carbons (Fsp3) is 0. The number of rotatable bonds is 2. The standard InChI is InChI=1S/C10H8F2N4/c11-6-2-1-3-7(10(6)12)16-9-4-8(13)14-5-15-9/h1-5H,(H3,13,14,15,16). The fourth-order valence-electron chi connectivity index (χ4n) is 1.18. The number of anilines is 3. The highest BCUT2D eigenvalue weighted by Crippen LogP contribution is 2.20. The van der Waals surface area contributed by atoms with E-state index < -0.39 is 11.6 Å². The molecule has 2 aromatic rings. The minimum atomic E-state index is -0.959. The second-order valence-corrected chi connectivity index (χ2v) is 3.05. The molecule has 0 aliphatic rings. The number of nitrogens with zero attached hydrogens (tertiary/aromatic N) is 2. The molecule has 0 unspecified atom stereocenters. The first-order chi connectivity index (χ1) is 7.66. The zero-order chi connectivity index (χ0) is 11.5. The summed E-state index contributed by atoms with van der Waals surface area (Å²) in [6, 6.07) is 5.25. The lowest BCUT2D eigenvalue weighted by Crippen LogP contribution is -2.00. The zero-order valence-corrected chi connectivity index (χ0v) is 8.11. The highest BCUT2D eigenvalue weighted by atomic mass is 19.2. The molecule has 0 amide bonds. The molecule has 0 spiro atoms. The van der Waals surface area contributed by atoms with Crippen LogP contribution in [0.3, 0.4) is 0 Å². The number of nitrogens with one attached hydrogen (secondary N) is 1. The molecule has 0 atom stereocenters. The van der Waals surface area contributed by atoms with Crippen LogP contribution < -0.4 is 11.1 Å². The summed E-state index contributed by atoms with van der Waals surface area (Å²) >= 11 is 0. The van der Waals surface area contributed by atoms with Gasteiger partial charge in [-0.25, -0.2) is 18.7 Å². The average Bonchev–Trinajstić information content (AvgIpc) is 2.25. The monoisotopic (exact) mass is 222 g/mol. The first-order valence-corrected chi connectivity index (χ1v) is 4.45. The van der Waals surface area contributed by atoms with Crippen LogP contribution in [0, 0.1) is 11.6 Å². The molecular formula is C10H8F2N4. The molecule has 1 heterocycles. The topological polar surface area (TPSA) is 63.8 Å². The molecule has 0 aliphatic heterocycles. The van der Waals surface area contributed by atoms with Crippen molar-refractivity contribution >= 4 is 17.3 Å². The maximum absolute atomic E-state index is 13.3. The maximum atomic E-state index is 13.3. The Hall–Kier alpha value is -2.24. The molecule has 4 nitrogen and oxygen atoms in total. The van der Waals surface area contributed by atoms with Crippen LogP contribution in [0.5, 0.6) is 0 Å². The highest BCUT2D eigenvalue weighted by molar-refractivity contribution is 5.58. The first kappa shape index (κ1) is 10.3. The van der Waals surface area contributed by atoms with E-state index in [2.05, 4.69) is 15.3 Å². The van der Waals surface area contributed by atoms with Crippen LogP contribution in [0.4, 0.5) is 26.1 Å². The minimum absolute atomic E-state index is 0.00176. The van der Waals surface area contributed by atoms with Gasteiger partial charge < -0.3 is 11.1 Å². The second kappa shape index (κ2) is 4.09. The third kappa shape index (κ3) is 2.05. The molecule has 0 radical (unpaired) electrons. The number of nitrogen functional groups attached to an aromatic ring is 1. The van der Waals surface area contributed by atoms with E-state index in [0.717, 1.165) is 6.07 Å². The van der Waals surface area contributed by atoms with Crippen molar-refractivity contribution in [2.45, 2.75) is 0 Å². The number of aromatic nitrogens is 2. The summed E-state index contributed by atoms with van der Waals surface area (Å²) in [7, 11) is 0. The van der Waals surface area contributed by atoms with Gasteiger partial charge in [0.15, 0.2) is 11.6 Å². The van der Waals surface area contributed by atoms with Crippen molar-refractivity contribution in [1.82, 2.24) is 9.97 Å². The third-order valence-electron chi connectivity index (χ3n) is 1.90. The Labute approximate surface area is 90.1 Å². The molecule has 1 aromatic carbocycles. The Morgan fingerprint density at radius 1 is 1.19 bits per heavy atom. The highest BCUT2D eigenvalue weighted by Gasteiger charge is 2.07. The lowest BCUT2D eigenvalue weighted by atomic mass is 10.3. The zero-order valence-electron chi connectivity index (χ0n) is 8.11. The van der Waals surface area contributed by atoms with Crippen molar-refractivity contribution < 1.29 is 8.78 Å². The van der Waals surface area contributed by atoms with E-state index in [-0.39, 0.29) is 11.5 Å². The summed E-state index contributed by atoms with van der Waals surface area (Å²) in [4.78, 5) is 7.49. The lowest BCUT2D eigenvalue weighted by molar-refractivity contribution is 0.511. The quantitative estimate of drug-likeness (QED) is 0.816. The summed E-state index contributed by atoms with van der Waals surface area (Å²) < 4.78 is 26.2. The van der Waals surface area contributed by atoms with Gasteiger partial charge in [0.2, 0.25) is 0 Å². The van der Waals surface area contributed by atoms with Gasteiger partial charge in [-0.3, -0.25) is 0 Å². The summed E-state index contributed by atoms with van der Waals surface area (Å²) in [5.41, 5.74) is 5.42. The Balaban J connectivity index is 2.31. The van der Waals surface area contributed by atoms with Gasteiger partial charge in [0, 0.05) is 6.07 Å². The van der Waals surface area contributed by atoms with Crippen molar-refractivity contribution in [2.24, 2.45) is 0 Å². The SMILES string of the molecule is Nc1cc(Nc2cccc(F)c2F)ncn1. The number of nitrogens with two attached hydrogens (primary N) is 1. The fourth-order valence-corrected chi connectivity index (χ4v) is 1.18. The molecular weight excluding hydrogens is 214 g/mol. The molecule has 16 heavy (non-hydrogen) atoms. The van der Waals surface area contributed by atoms with Crippen molar-refractivity contribution in [3.05, 3.63) is 42.2 Å². The third-order valence-corrected chi connectivity index (χ3v) is 1.90. The van der Waals surface area contributed by atoms with Gasteiger partial charge in [-0.05, 0) is 12.1 Å². The van der Waals surface area contributed by atoms with Gasteiger partial charge in [-0.1, -0.05) is 6.07 Å². The average molecular weight is 222 g/mol. The van der Waals surface area contributed by atoms with Crippen molar-refractivity contribution in [1.29, 1.82) is 0 Å². The minimum Gasteiger partial charge on any atom is -0.384 e. The summed E-state index contributed by atoms with van der Waals surface area (Å²) in [6.45, 7) is 0. The number of halogens is 2. The predicted octanol–water partition coefficient (Wildman–Crippen LogP) is 2.08. The lowest BCUT2D eigenvalue weighted by Gasteiger charge is -2.06. The Bertz CT molecular complexity index is 516. The van der Waals surface area contributed by atoms with E-state index in [4.69, 9.17) is 5.73 Å². The van der Waals surface area contributed by atoms with Gasteiger partial charge in [0.1, 0.15) is 18.0 Å². The predicted molar refractivity (Wildman–Crippen MR) is 56.1 cm³/mol. The first-order valence-electron chi connectivity index (χ1n) is 4.45. The number of hydrogen-bond acceptors (Lipinski definition) is 4. The molecule has 3 N–H and O–H groups in total. The second-order valence-electron chi connectivity index (χ2n) is 3.05. The van der Waals surface area contributed by atoms with E-state index in [9.17, 15) is 8.78 Å². The van der Waals surface area contributed by atoms with Crippen molar-refractivity contribution in [3.8, 4) is 0 Å². The smallest absolute Gasteiger partial charge is 0.182 e. The van der Waals surface area contributed by atoms with Gasteiger partial charge in [-0.2, -0.15) is 0 Å². The molecule has 82 valence electrons. The van der Waals surface area contributed by atoms with Crippen LogP contribution in [-0.4, -0.2) is 9.97 Å². The molecule has 2 rings (SSSR count). The Morgan fingerprint density at radius 3 is 2.75 bits per heavy atom. The van der Waals surface area contributed by atoms with Gasteiger partial charge in [0.25, 0.3) is 0 Å². The van der Waals surface area contributed by atoms with Crippen LogP contribution in [0.15, 0.2) is 30.6 Å². The van der Waals surface area contributed by atoms with Gasteiger partial charge in [0.05, 0.1) is 5.69 Å². The molecule has 0 bridgehead atoms. The summed E-state index contributed by atoms with van der Waals surface area (Å²) in [5, 5.41) is 2.61. The summed E-state index contributed by atoms with van der Waals surface area (Å²) in [6.07, 6.45) is 1.23.